The largest absolute Gasteiger partial charge is 0.390 e. The molecule has 0 aliphatic carbocycles. The summed E-state index contributed by atoms with van der Waals surface area (Å²) in [5.41, 5.74) is 5.82. The first-order chi connectivity index (χ1) is 8.20. The Hall–Kier alpha value is -0.890. The first kappa shape index (κ1) is 12.6. The highest BCUT2D eigenvalue weighted by atomic mass is 32.2. The molecule has 2 aromatic heterocycles. The van der Waals surface area contributed by atoms with Crippen molar-refractivity contribution in [2.75, 3.05) is 25.2 Å². The maximum absolute atomic E-state index is 9.52. The highest BCUT2D eigenvalue weighted by Crippen LogP contribution is 2.26. The van der Waals surface area contributed by atoms with E-state index in [1.807, 2.05) is 11.4 Å². The van der Waals surface area contributed by atoms with Gasteiger partial charge in [-0.3, -0.25) is 0 Å². The average Bonchev–Trinajstić information content (AvgIpc) is 2.75. The summed E-state index contributed by atoms with van der Waals surface area (Å²) in [6.45, 7) is 0.309. The minimum absolute atomic E-state index is 0.309. The van der Waals surface area contributed by atoms with Crippen molar-refractivity contribution in [2.24, 2.45) is 0 Å². The highest BCUT2D eigenvalue weighted by Gasteiger charge is 2.09. The molecule has 5 nitrogen and oxygen atoms in total. The molecule has 1 atom stereocenters. The Morgan fingerprint density at radius 3 is 3.18 bits per heavy atom. The van der Waals surface area contributed by atoms with E-state index in [0.717, 1.165) is 10.2 Å². The molecule has 0 spiro atoms. The van der Waals surface area contributed by atoms with Gasteiger partial charge in [0.15, 0.2) is 5.16 Å². The number of fused-ring (bicyclic) bond motifs is 1. The van der Waals surface area contributed by atoms with Crippen LogP contribution >= 0.6 is 23.1 Å². The van der Waals surface area contributed by atoms with Gasteiger partial charge in [-0.05, 0) is 11.4 Å². The summed E-state index contributed by atoms with van der Waals surface area (Å²) in [5.74, 6) is 0.976. The fourth-order valence-corrected chi connectivity index (χ4v) is 2.92. The molecular formula is C10H13N3O2S2. The average molecular weight is 271 g/mol. The molecule has 0 bridgehead atoms. The zero-order chi connectivity index (χ0) is 12.3. The number of aliphatic hydroxyl groups excluding tert-OH is 1. The van der Waals surface area contributed by atoms with Gasteiger partial charge >= 0.3 is 0 Å². The van der Waals surface area contributed by atoms with Crippen molar-refractivity contribution in [3.63, 3.8) is 0 Å². The zero-order valence-electron chi connectivity index (χ0n) is 9.29. The van der Waals surface area contributed by atoms with E-state index in [1.54, 1.807) is 7.11 Å². The van der Waals surface area contributed by atoms with Gasteiger partial charge in [-0.25, -0.2) is 9.97 Å². The molecule has 0 aliphatic heterocycles. The molecule has 0 fully saturated rings. The second kappa shape index (κ2) is 5.63. The molecule has 0 radical (unpaired) electrons. The molecule has 1 unspecified atom stereocenters. The number of hydrogen-bond acceptors (Lipinski definition) is 7. The van der Waals surface area contributed by atoms with Crippen LogP contribution in [0.1, 0.15) is 0 Å². The molecule has 7 heteroatoms. The molecule has 2 aromatic rings. The number of hydrogen-bond donors (Lipinski definition) is 2. The van der Waals surface area contributed by atoms with Crippen LogP contribution in [-0.4, -0.2) is 40.6 Å². The van der Waals surface area contributed by atoms with Crippen LogP contribution in [0.25, 0.3) is 10.2 Å². The Labute approximate surface area is 107 Å². The van der Waals surface area contributed by atoms with Gasteiger partial charge < -0.3 is 15.6 Å². The van der Waals surface area contributed by atoms with Crippen LogP contribution in [0.2, 0.25) is 0 Å². The molecule has 0 saturated carbocycles. The number of aliphatic hydroxyl groups is 1. The predicted octanol–water partition coefficient (Wildman–Crippen LogP) is 1.37. The van der Waals surface area contributed by atoms with Crippen molar-refractivity contribution in [3.05, 3.63) is 11.4 Å². The first-order valence-corrected chi connectivity index (χ1v) is 6.87. The third-order valence-corrected chi connectivity index (χ3v) is 3.90. The summed E-state index contributed by atoms with van der Waals surface area (Å²) >= 11 is 2.90. The number of nitrogen functional groups attached to an aromatic ring is 1. The van der Waals surface area contributed by atoms with Gasteiger partial charge in [0.1, 0.15) is 10.6 Å². The van der Waals surface area contributed by atoms with Crippen LogP contribution in [0.3, 0.4) is 0 Å². The topological polar surface area (TPSA) is 81.3 Å². The summed E-state index contributed by atoms with van der Waals surface area (Å²) in [7, 11) is 1.56. The number of ether oxygens (including phenoxy) is 1. The zero-order valence-corrected chi connectivity index (χ0v) is 10.9. The number of thiophene rings is 1. The van der Waals surface area contributed by atoms with E-state index in [9.17, 15) is 5.11 Å². The molecule has 2 heterocycles. The number of anilines is 1. The summed E-state index contributed by atoms with van der Waals surface area (Å²) in [5, 5.41) is 12.9. The third kappa shape index (κ3) is 3.06. The molecule has 2 rings (SSSR count). The maximum Gasteiger partial charge on any atom is 0.190 e. The molecule has 92 valence electrons. The van der Waals surface area contributed by atoms with E-state index in [1.165, 1.54) is 23.1 Å². The van der Waals surface area contributed by atoms with Crippen LogP contribution < -0.4 is 5.73 Å². The number of aromatic nitrogens is 2. The van der Waals surface area contributed by atoms with Crippen molar-refractivity contribution in [3.8, 4) is 0 Å². The molecule has 0 saturated heterocycles. The van der Waals surface area contributed by atoms with E-state index in [0.29, 0.717) is 23.3 Å². The normalized spacial score (nSPS) is 13.1. The molecular weight excluding hydrogens is 258 g/mol. The lowest BCUT2D eigenvalue weighted by Crippen LogP contribution is -2.16. The molecule has 0 aliphatic rings. The van der Waals surface area contributed by atoms with Crippen LogP contribution in [0.5, 0.6) is 0 Å². The van der Waals surface area contributed by atoms with Gasteiger partial charge in [-0.1, -0.05) is 11.8 Å². The SMILES string of the molecule is COCC(O)CSc1nc(N)c2ccsc2n1. The van der Waals surface area contributed by atoms with Crippen molar-refractivity contribution >= 4 is 39.1 Å². The Kier molecular flexibility index (Phi) is 4.16. The third-order valence-electron chi connectivity index (χ3n) is 2.10. The van der Waals surface area contributed by atoms with Gasteiger partial charge in [-0.15, -0.1) is 11.3 Å². The van der Waals surface area contributed by atoms with E-state index >= 15 is 0 Å². The summed E-state index contributed by atoms with van der Waals surface area (Å²) in [6.07, 6.45) is -0.520. The number of thioether (sulfide) groups is 1. The minimum Gasteiger partial charge on any atom is -0.390 e. The van der Waals surface area contributed by atoms with Gasteiger partial charge in [0, 0.05) is 12.9 Å². The fraction of sp³-hybridized carbons (Fsp3) is 0.400. The maximum atomic E-state index is 9.52. The van der Waals surface area contributed by atoms with E-state index in [4.69, 9.17) is 10.5 Å². The van der Waals surface area contributed by atoms with E-state index < -0.39 is 6.10 Å². The lowest BCUT2D eigenvalue weighted by molar-refractivity contribution is 0.0794. The second-order valence-corrected chi connectivity index (χ2v) is 5.33. The summed E-state index contributed by atoms with van der Waals surface area (Å²) < 4.78 is 4.85. The van der Waals surface area contributed by atoms with Gasteiger partial charge in [-0.2, -0.15) is 0 Å². The lowest BCUT2D eigenvalue weighted by Gasteiger charge is -2.08. The Morgan fingerprint density at radius 2 is 2.41 bits per heavy atom. The molecule has 3 N–H and O–H groups in total. The predicted molar refractivity (Wildman–Crippen MR) is 70.4 cm³/mol. The van der Waals surface area contributed by atoms with Crippen LogP contribution in [-0.2, 0) is 4.74 Å². The smallest absolute Gasteiger partial charge is 0.190 e. The van der Waals surface area contributed by atoms with E-state index in [2.05, 4.69) is 9.97 Å². The van der Waals surface area contributed by atoms with Crippen molar-refractivity contribution in [2.45, 2.75) is 11.3 Å². The lowest BCUT2D eigenvalue weighted by atomic mass is 10.4. The number of rotatable bonds is 5. The highest BCUT2D eigenvalue weighted by molar-refractivity contribution is 7.99. The quantitative estimate of drug-likeness (QED) is 0.631. The number of nitrogens with two attached hydrogens (primary N) is 1. The second-order valence-electron chi connectivity index (χ2n) is 3.45. The fourth-order valence-electron chi connectivity index (χ4n) is 1.33. The van der Waals surface area contributed by atoms with Crippen molar-refractivity contribution in [1.82, 2.24) is 9.97 Å². The van der Waals surface area contributed by atoms with Crippen molar-refractivity contribution in [1.29, 1.82) is 0 Å². The van der Waals surface area contributed by atoms with Gasteiger partial charge in [0.2, 0.25) is 0 Å². The van der Waals surface area contributed by atoms with Crippen LogP contribution in [0.15, 0.2) is 16.6 Å². The molecule has 0 aromatic carbocycles. The minimum atomic E-state index is -0.520. The number of methoxy groups -OCH3 is 1. The summed E-state index contributed by atoms with van der Waals surface area (Å²) in [6, 6.07) is 1.91. The van der Waals surface area contributed by atoms with E-state index in [-0.39, 0.29) is 0 Å². The Morgan fingerprint density at radius 1 is 1.59 bits per heavy atom. The monoisotopic (exact) mass is 271 g/mol. The summed E-state index contributed by atoms with van der Waals surface area (Å²) in [4.78, 5) is 9.43. The van der Waals surface area contributed by atoms with Gasteiger partial charge in [0.25, 0.3) is 0 Å². The number of nitrogens with zero attached hydrogens (tertiary/aromatic N) is 2. The van der Waals surface area contributed by atoms with Crippen LogP contribution in [0.4, 0.5) is 5.82 Å². The Balaban J connectivity index is 2.08. The molecule has 17 heavy (non-hydrogen) atoms. The van der Waals surface area contributed by atoms with Crippen LogP contribution in [0, 0.1) is 0 Å². The molecule has 0 amide bonds. The first-order valence-electron chi connectivity index (χ1n) is 5.01. The van der Waals surface area contributed by atoms with Crippen molar-refractivity contribution < 1.29 is 9.84 Å². The van der Waals surface area contributed by atoms with Gasteiger partial charge in [0.05, 0.1) is 18.1 Å². The standard InChI is InChI=1S/C10H13N3O2S2/c1-15-4-6(14)5-17-10-12-8(11)7-2-3-16-9(7)13-10/h2-3,6,14H,4-5H2,1H3,(H2,11,12,13). The Bertz CT molecular complexity index is 503.